The number of hydrogen-bond donors (Lipinski definition) is 0. The summed E-state index contributed by atoms with van der Waals surface area (Å²) in [4.78, 5) is 9.64. The fourth-order valence-corrected chi connectivity index (χ4v) is 7.45. The smallest absolute Gasteiger partial charge is 0.139 e. The number of nitrogens with zero attached hydrogens (tertiary/aromatic N) is 5. The van der Waals surface area contributed by atoms with E-state index in [2.05, 4.69) is 181 Å². The number of anilines is 1. The summed E-state index contributed by atoms with van der Waals surface area (Å²) < 4.78 is 11.3. The highest BCUT2D eigenvalue weighted by Gasteiger charge is 2.24. The lowest BCUT2D eigenvalue weighted by atomic mass is 9.86. The minimum atomic E-state index is -0.0614. The predicted octanol–water partition coefficient (Wildman–Crippen LogP) is 10.6. The van der Waals surface area contributed by atoms with Gasteiger partial charge in [-0.05, 0) is 52.9 Å². The molecule has 0 atom stereocenters. The molecule has 3 aromatic heterocycles. The summed E-state index contributed by atoms with van der Waals surface area (Å²) in [7, 11) is 4.27. The standard InChI is InChI=1S/C44H39N5O/c1-44(2,3)30-21-31(48-27-42(46(4)28-48)29-13-7-6-8-14-29)23-33(22-30)50-32-19-20-36-34-15-10-12-18-39(34)49(41(36)24-32)43-25-40-37(26-45-43)35-16-9-11-17-38(35)47(40)5/h6-27H,28H2,1-5H3. The van der Waals surface area contributed by atoms with E-state index in [0.29, 0.717) is 0 Å². The topological polar surface area (TPSA) is 38.5 Å². The van der Waals surface area contributed by atoms with Crippen molar-refractivity contribution < 1.29 is 4.74 Å². The molecule has 9 rings (SSSR count). The lowest BCUT2D eigenvalue weighted by molar-refractivity contribution is 0.478. The molecule has 6 heteroatoms. The molecule has 0 saturated heterocycles. The van der Waals surface area contributed by atoms with Gasteiger partial charge in [0.2, 0.25) is 0 Å². The Labute approximate surface area is 292 Å². The Morgan fingerprint density at radius 3 is 2.10 bits per heavy atom. The zero-order chi connectivity index (χ0) is 34.1. The van der Waals surface area contributed by atoms with E-state index in [0.717, 1.165) is 57.0 Å². The first-order valence-electron chi connectivity index (χ1n) is 17.2. The Hall–Kier alpha value is -6.01. The van der Waals surface area contributed by atoms with Gasteiger partial charge in [0.25, 0.3) is 0 Å². The van der Waals surface area contributed by atoms with Crippen LogP contribution in [0.1, 0.15) is 31.9 Å². The number of aryl methyl sites for hydroxylation is 1. The van der Waals surface area contributed by atoms with Crippen LogP contribution in [0.25, 0.3) is 55.1 Å². The first-order valence-corrected chi connectivity index (χ1v) is 17.2. The molecule has 246 valence electrons. The fraction of sp³-hybridized carbons (Fsp3) is 0.159. The van der Waals surface area contributed by atoms with Crippen LogP contribution in [0.3, 0.4) is 0 Å². The second-order valence-corrected chi connectivity index (χ2v) is 14.4. The van der Waals surface area contributed by atoms with Crippen molar-refractivity contribution in [3.8, 4) is 17.3 Å². The van der Waals surface area contributed by atoms with Gasteiger partial charge in [-0.25, -0.2) is 4.98 Å². The summed E-state index contributed by atoms with van der Waals surface area (Å²) >= 11 is 0. The summed E-state index contributed by atoms with van der Waals surface area (Å²) in [6, 6.07) is 42.9. The average Bonchev–Trinajstić information content (AvgIpc) is 3.77. The minimum absolute atomic E-state index is 0.0614. The molecule has 6 nitrogen and oxygen atoms in total. The maximum atomic E-state index is 6.78. The van der Waals surface area contributed by atoms with Crippen molar-refractivity contribution in [3.63, 3.8) is 0 Å². The maximum Gasteiger partial charge on any atom is 0.139 e. The van der Waals surface area contributed by atoms with Gasteiger partial charge in [0.05, 0.1) is 28.9 Å². The van der Waals surface area contributed by atoms with E-state index in [-0.39, 0.29) is 5.41 Å². The van der Waals surface area contributed by atoms with Crippen molar-refractivity contribution in [2.45, 2.75) is 26.2 Å². The molecule has 1 aliphatic rings. The molecular weight excluding hydrogens is 615 g/mol. The Morgan fingerprint density at radius 2 is 1.32 bits per heavy atom. The highest BCUT2D eigenvalue weighted by atomic mass is 16.5. The van der Waals surface area contributed by atoms with Crippen LogP contribution in [-0.2, 0) is 12.5 Å². The summed E-state index contributed by atoms with van der Waals surface area (Å²) in [5, 5.41) is 4.71. The normalized spacial score (nSPS) is 13.7. The monoisotopic (exact) mass is 653 g/mol. The molecule has 0 fully saturated rings. The lowest BCUT2D eigenvalue weighted by Gasteiger charge is -2.25. The van der Waals surface area contributed by atoms with Gasteiger partial charge in [-0.2, -0.15) is 0 Å². The minimum Gasteiger partial charge on any atom is -0.457 e. The van der Waals surface area contributed by atoms with Crippen LogP contribution >= 0.6 is 0 Å². The molecule has 0 bridgehead atoms. The molecule has 0 radical (unpaired) electrons. The Balaban J connectivity index is 1.15. The van der Waals surface area contributed by atoms with Gasteiger partial charge in [0.1, 0.15) is 17.3 Å². The number of fused-ring (bicyclic) bond motifs is 6. The van der Waals surface area contributed by atoms with Crippen LogP contribution in [0.15, 0.2) is 134 Å². The fourth-order valence-electron chi connectivity index (χ4n) is 7.45. The summed E-state index contributed by atoms with van der Waals surface area (Å²) in [5.74, 6) is 2.47. The van der Waals surface area contributed by atoms with E-state index in [1.807, 2.05) is 6.20 Å². The number of rotatable bonds is 5. The summed E-state index contributed by atoms with van der Waals surface area (Å²) in [5.41, 5.74) is 9.18. The van der Waals surface area contributed by atoms with Gasteiger partial charge in [-0.3, -0.25) is 4.57 Å². The van der Waals surface area contributed by atoms with E-state index in [1.165, 1.54) is 33.1 Å². The van der Waals surface area contributed by atoms with Crippen LogP contribution < -0.4 is 9.64 Å². The molecule has 0 N–H and O–H groups in total. The average molecular weight is 654 g/mol. The molecule has 0 unspecified atom stereocenters. The predicted molar refractivity (Wildman–Crippen MR) is 207 cm³/mol. The molecule has 5 aromatic carbocycles. The van der Waals surface area contributed by atoms with Crippen molar-refractivity contribution in [1.29, 1.82) is 0 Å². The summed E-state index contributed by atoms with van der Waals surface area (Å²) in [6.07, 6.45) is 4.26. The van der Waals surface area contributed by atoms with Crippen LogP contribution in [-0.4, -0.2) is 32.7 Å². The third-order valence-corrected chi connectivity index (χ3v) is 10.1. The number of hydrogen-bond acceptors (Lipinski definition) is 4. The Kier molecular flexibility index (Phi) is 6.78. The van der Waals surface area contributed by atoms with Gasteiger partial charge in [-0.15, -0.1) is 0 Å². The van der Waals surface area contributed by atoms with Crippen LogP contribution in [0, 0.1) is 0 Å². The lowest BCUT2D eigenvalue weighted by Crippen LogP contribution is -2.23. The largest absolute Gasteiger partial charge is 0.457 e. The van der Waals surface area contributed by atoms with E-state index in [1.54, 1.807) is 0 Å². The molecule has 0 aliphatic carbocycles. The third kappa shape index (κ3) is 4.90. The first kappa shape index (κ1) is 30.1. The molecule has 1 aliphatic heterocycles. The van der Waals surface area contributed by atoms with Crippen LogP contribution in [0.2, 0.25) is 0 Å². The van der Waals surface area contributed by atoms with E-state index in [9.17, 15) is 0 Å². The second kappa shape index (κ2) is 11.3. The highest BCUT2D eigenvalue weighted by molar-refractivity contribution is 6.11. The Bertz CT molecular complexity index is 2620. The van der Waals surface area contributed by atoms with Gasteiger partial charge in [0.15, 0.2) is 0 Å². The number of para-hydroxylation sites is 2. The van der Waals surface area contributed by atoms with E-state index >= 15 is 0 Å². The zero-order valence-corrected chi connectivity index (χ0v) is 29.1. The second-order valence-electron chi connectivity index (χ2n) is 14.4. The molecule has 4 heterocycles. The van der Waals surface area contributed by atoms with E-state index < -0.39 is 0 Å². The van der Waals surface area contributed by atoms with Gasteiger partial charge in [-0.1, -0.05) is 87.5 Å². The van der Waals surface area contributed by atoms with Crippen molar-refractivity contribution in [2.75, 3.05) is 18.6 Å². The molecular formula is C44H39N5O. The maximum absolute atomic E-state index is 6.78. The van der Waals surface area contributed by atoms with Gasteiger partial charge >= 0.3 is 0 Å². The molecule has 0 saturated carbocycles. The number of benzene rings is 5. The van der Waals surface area contributed by atoms with Crippen molar-refractivity contribution in [3.05, 3.63) is 145 Å². The summed E-state index contributed by atoms with van der Waals surface area (Å²) in [6.45, 7) is 7.52. The van der Waals surface area contributed by atoms with Crippen LogP contribution in [0.4, 0.5) is 5.69 Å². The van der Waals surface area contributed by atoms with E-state index in [4.69, 9.17) is 9.72 Å². The third-order valence-electron chi connectivity index (χ3n) is 10.1. The quantitative estimate of drug-likeness (QED) is 0.185. The van der Waals surface area contributed by atoms with Crippen molar-refractivity contribution >= 4 is 55.0 Å². The first-order chi connectivity index (χ1) is 24.2. The van der Waals surface area contributed by atoms with Crippen LogP contribution in [0.5, 0.6) is 11.5 Å². The molecule has 8 aromatic rings. The zero-order valence-electron chi connectivity index (χ0n) is 29.1. The number of aromatic nitrogens is 3. The molecule has 0 amide bonds. The number of ether oxygens (including phenoxy) is 1. The number of pyridine rings is 1. The van der Waals surface area contributed by atoms with Crippen molar-refractivity contribution in [2.24, 2.45) is 7.05 Å². The van der Waals surface area contributed by atoms with Crippen molar-refractivity contribution in [1.82, 2.24) is 19.0 Å². The SMILES string of the molecule is CN1CN(c2cc(Oc3ccc4c5ccccc5n(-c5cc6c(cn5)c5ccccc5n6C)c4c3)cc(C(C)(C)C)c2)C=C1c1ccccc1. The Morgan fingerprint density at radius 1 is 0.620 bits per heavy atom. The van der Waals surface area contributed by atoms with Gasteiger partial charge < -0.3 is 19.1 Å². The molecule has 50 heavy (non-hydrogen) atoms. The molecule has 0 spiro atoms. The van der Waals surface area contributed by atoms with Gasteiger partial charge in [0, 0.05) is 77.4 Å². The highest BCUT2D eigenvalue weighted by Crippen LogP contribution is 2.39.